The predicted octanol–water partition coefficient (Wildman–Crippen LogP) is 1.65. The lowest BCUT2D eigenvalue weighted by Crippen LogP contribution is -2.20. The van der Waals surface area contributed by atoms with Gasteiger partial charge in [0.15, 0.2) is 0 Å². The molecule has 0 spiro atoms. The summed E-state index contributed by atoms with van der Waals surface area (Å²) >= 11 is 1.68. The number of nitrogens with zero attached hydrogens (tertiary/aromatic N) is 1. The van der Waals surface area contributed by atoms with Gasteiger partial charge >= 0.3 is 0 Å². The molecule has 1 aliphatic heterocycles. The van der Waals surface area contributed by atoms with Gasteiger partial charge in [-0.2, -0.15) is 0 Å². The maximum Gasteiger partial charge on any atom is 0.208 e. The highest BCUT2D eigenvalue weighted by Crippen LogP contribution is 2.24. The van der Waals surface area contributed by atoms with Crippen LogP contribution in [0.3, 0.4) is 0 Å². The summed E-state index contributed by atoms with van der Waals surface area (Å²) in [5.74, 6) is 0.923. The molecule has 1 aromatic rings. The first-order valence-corrected chi connectivity index (χ1v) is 6.28. The molecule has 0 radical (unpaired) electrons. The number of aromatic amines is 1. The number of thioether (sulfide) groups is 1. The molecule has 2 N–H and O–H groups in total. The van der Waals surface area contributed by atoms with E-state index in [1.54, 1.807) is 11.8 Å². The van der Waals surface area contributed by atoms with Gasteiger partial charge in [-0.05, 0) is 11.8 Å². The van der Waals surface area contributed by atoms with E-state index in [-0.39, 0.29) is 12.4 Å². The number of rotatable bonds is 4. The molecule has 16 heavy (non-hydrogen) atoms. The number of carbonyl (C=O) groups excluding carboxylic acids is 1. The number of carbonyl (C=O) groups is 1. The smallest absolute Gasteiger partial charge is 0.208 e. The molecule has 0 aromatic carbocycles. The average molecular weight is 238 g/mol. The Labute approximate surface area is 98.2 Å². The van der Waals surface area contributed by atoms with Crippen molar-refractivity contribution >= 4 is 23.3 Å². The third-order valence-electron chi connectivity index (χ3n) is 2.46. The van der Waals surface area contributed by atoms with Crippen LogP contribution in [0, 0.1) is 0 Å². The number of aliphatic hydroxyl groups is 1. The molecule has 1 aliphatic rings. The lowest BCUT2D eigenvalue weighted by molar-refractivity contribution is 0.105. The van der Waals surface area contributed by atoms with E-state index >= 15 is 0 Å². The zero-order valence-electron chi connectivity index (χ0n) is 9.12. The third-order valence-corrected chi connectivity index (χ3v) is 3.28. The molecule has 0 fully saturated rings. The normalized spacial score (nSPS) is 14.9. The molecule has 0 unspecified atom stereocenters. The van der Waals surface area contributed by atoms with Crippen LogP contribution in [0.25, 0.3) is 0 Å². The Morgan fingerprint density at radius 2 is 2.44 bits per heavy atom. The summed E-state index contributed by atoms with van der Waals surface area (Å²) in [6.07, 6.45) is 0.347. The minimum atomic E-state index is -0.0468. The van der Waals surface area contributed by atoms with E-state index < -0.39 is 0 Å². The molecule has 4 nitrogen and oxygen atoms in total. The van der Waals surface area contributed by atoms with Crippen LogP contribution < -0.4 is 0 Å². The summed E-state index contributed by atoms with van der Waals surface area (Å²) in [6, 6.07) is 1.89. The molecule has 0 aliphatic carbocycles. The fourth-order valence-electron chi connectivity index (χ4n) is 1.73. The quantitative estimate of drug-likeness (QED) is 0.784. The molecule has 0 atom stereocenters. The second-order valence-corrected chi connectivity index (χ2v) is 4.83. The molecular weight excluding hydrogens is 224 g/mol. The third kappa shape index (κ3) is 2.05. The second kappa shape index (κ2) is 4.84. The number of ketones is 1. The van der Waals surface area contributed by atoms with Crippen LogP contribution in [0.15, 0.2) is 16.1 Å². The Kier molecular flexibility index (Phi) is 3.46. The van der Waals surface area contributed by atoms with Crippen LogP contribution in [0.5, 0.6) is 0 Å². The first kappa shape index (κ1) is 11.4. The van der Waals surface area contributed by atoms with Gasteiger partial charge in [0.1, 0.15) is 0 Å². The van der Waals surface area contributed by atoms with E-state index in [4.69, 9.17) is 5.11 Å². The van der Waals surface area contributed by atoms with Crippen LogP contribution in [0.4, 0.5) is 0 Å². The number of Topliss-reactive ketones (excluding diaryl/α,β-unsaturated/α-hetero) is 1. The Morgan fingerprint density at radius 1 is 1.62 bits per heavy atom. The van der Waals surface area contributed by atoms with Crippen LogP contribution in [0.2, 0.25) is 0 Å². The van der Waals surface area contributed by atoms with E-state index in [1.807, 2.05) is 6.07 Å². The predicted molar refractivity (Wildman–Crippen MR) is 64.4 cm³/mol. The molecule has 5 heteroatoms. The van der Waals surface area contributed by atoms with Crippen molar-refractivity contribution in [3.05, 3.63) is 17.3 Å². The second-order valence-electron chi connectivity index (χ2n) is 3.52. The topological polar surface area (TPSA) is 65.4 Å². The molecule has 2 rings (SSSR count). The SMILES string of the molecule is CCSc1cc2c([nH]1)CN=C(CCO)C2=O. The van der Waals surface area contributed by atoms with Crippen molar-refractivity contribution in [2.24, 2.45) is 4.99 Å². The van der Waals surface area contributed by atoms with Gasteiger partial charge in [-0.3, -0.25) is 9.79 Å². The van der Waals surface area contributed by atoms with E-state index in [9.17, 15) is 4.79 Å². The van der Waals surface area contributed by atoms with Crippen molar-refractivity contribution in [3.63, 3.8) is 0 Å². The summed E-state index contributed by atoms with van der Waals surface area (Å²) in [5.41, 5.74) is 2.10. The molecule has 0 amide bonds. The van der Waals surface area contributed by atoms with Crippen molar-refractivity contribution < 1.29 is 9.90 Å². The largest absolute Gasteiger partial charge is 0.396 e. The highest BCUT2D eigenvalue weighted by atomic mass is 32.2. The van der Waals surface area contributed by atoms with E-state index in [0.717, 1.165) is 22.0 Å². The minimum Gasteiger partial charge on any atom is -0.396 e. The fourth-order valence-corrected chi connectivity index (χ4v) is 2.44. The summed E-state index contributed by atoms with van der Waals surface area (Å²) in [5, 5.41) is 9.84. The van der Waals surface area contributed by atoms with Gasteiger partial charge in [0.05, 0.1) is 17.3 Å². The van der Waals surface area contributed by atoms with Gasteiger partial charge in [-0.25, -0.2) is 0 Å². The Balaban J connectivity index is 2.24. The van der Waals surface area contributed by atoms with Gasteiger partial charge in [0.25, 0.3) is 0 Å². The molecule has 86 valence electrons. The molecule has 1 aromatic heterocycles. The van der Waals surface area contributed by atoms with Crippen LogP contribution in [0.1, 0.15) is 29.4 Å². The first-order valence-electron chi connectivity index (χ1n) is 5.29. The van der Waals surface area contributed by atoms with Gasteiger partial charge in [-0.15, -0.1) is 11.8 Å². The van der Waals surface area contributed by atoms with Crippen molar-refractivity contribution in [1.82, 2.24) is 4.98 Å². The number of nitrogens with one attached hydrogen (secondary N) is 1. The lowest BCUT2D eigenvalue weighted by Gasteiger charge is -2.09. The Bertz CT molecular complexity index is 437. The summed E-state index contributed by atoms with van der Waals surface area (Å²) in [4.78, 5) is 19.3. The molecule has 0 saturated carbocycles. The van der Waals surface area contributed by atoms with E-state index in [2.05, 4.69) is 16.9 Å². The first-order chi connectivity index (χ1) is 7.76. The van der Waals surface area contributed by atoms with Gasteiger partial charge in [-0.1, -0.05) is 6.92 Å². The van der Waals surface area contributed by atoms with Crippen molar-refractivity contribution in [3.8, 4) is 0 Å². The van der Waals surface area contributed by atoms with Gasteiger partial charge in [0.2, 0.25) is 5.78 Å². The number of aromatic nitrogens is 1. The van der Waals surface area contributed by atoms with Crippen LogP contribution >= 0.6 is 11.8 Å². The number of aliphatic hydroxyl groups excluding tert-OH is 1. The maximum atomic E-state index is 12.0. The average Bonchev–Trinajstić information content (AvgIpc) is 2.67. The fraction of sp³-hybridized carbons (Fsp3) is 0.455. The number of H-pyrrole nitrogens is 1. The molecule has 0 bridgehead atoms. The highest BCUT2D eigenvalue weighted by molar-refractivity contribution is 7.99. The summed E-state index contributed by atoms with van der Waals surface area (Å²) < 4.78 is 0. The van der Waals surface area contributed by atoms with Crippen LogP contribution in [-0.2, 0) is 6.54 Å². The zero-order valence-corrected chi connectivity index (χ0v) is 9.93. The van der Waals surface area contributed by atoms with Gasteiger partial charge in [0, 0.05) is 24.3 Å². The Morgan fingerprint density at radius 3 is 3.12 bits per heavy atom. The van der Waals surface area contributed by atoms with Crippen LogP contribution in [-0.4, -0.2) is 33.9 Å². The number of aliphatic imine (C=N–C) groups is 1. The zero-order chi connectivity index (χ0) is 11.5. The number of fused-ring (bicyclic) bond motifs is 1. The monoisotopic (exact) mass is 238 g/mol. The molecule has 0 saturated heterocycles. The van der Waals surface area contributed by atoms with Crippen molar-refractivity contribution in [2.45, 2.75) is 24.9 Å². The Hall–Kier alpha value is -1.07. The standard InChI is InChI=1S/C11H14N2O2S/c1-2-16-10-5-7-9(13-10)6-12-8(3-4-14)11(7)15/h5,13-14H,2-4,6H2,1H3. The lowest BCUT2D eigenvalue weighted by atomic mass is 10.0. The van der Waals surface area contributed by atoms with Gasteiger partial charge < -0.3 is 10.1 Å². The molecule has 2 heterocycles. The minimum absolute atomic E-state index is 0.0269. The van der Waals surface area contributed by atoms with Crippen molar-refractivity contribution in [2.75, 3.05) is 12.4 Å². The highest BCUT2D eigenvalue weighted by Gasteiger charge is 2.23. The number of hydrogen-bond acceptors (Lipinski definition) is 4. The number of hydrogen-bond donors (Lipinski definition) is 2. The summed E-state index contributed by atoms with van der Waals surface area (Å²) in [6.45, 7) is 2.56. The summed E-state index contributed by atoms with van der Waals surface area (Å²) in [7, 11) is 0. The van der Waals surface area contributed by atoms with Crippen molar-refractivity contribution in [1.29, 1.82) is 0 Å². The molecular formula is C11H14N2O2S. The van der Waals surface area contributed by atoms with E-state index in [1.165, 1.54) is 0 Å². The van der Waals surface area contributed by atoms with E-state index in [0.29, 0.717) is 18.7 Å². The maximum absolute atomic E-state index is 12.0.